The third kappa shape index (κ3) is 2.74. The molecule has 0 amide bonds. The van der Waals surface area contributed by atoms with Crippen LogP contribution in [0.2, 0.25) is 0 Å². The molecule has 1 aromatic rings. The maximum atomic E-state index is 9.49. The highest BCUT2D eigenvalue weighted by atomic mass is 16.5. The molecule has 0 aromatic heterocycles. The van der Waals surface area contributed by atoms with Gasteiger partial charge in [-0.05, 0) is 12.1 Å². The van der Waals surface area contributed by atoms with Crippen LogP contribution in [0, 0.1) is 0 Å². The van der Waals surface area contributed by atoms with Gasteiger partial charge >= 0.3 is 0 Å². The van der Waals surface area contributed by atoms with Crippen molar-refractivity contribution in [2.45, 2.75) is 6.23 Å². The number of rotatable bonds is 2. The highest BCUT2D eigenvalue weighted by Gasteiger charge is 2.18. The molecule has 2 rings (SSSR count). The molecule has 0 spiro atoms. The lowest BCUT2D eigenvalue weighted by Gasteiger charge is -2.27. The van der Waals surface area contributed by atoms with E-state index < -0.39 is 6.23 Å². The lowest BCUT2D eigenvalue weighted by molar-refractivity contribution is -0.108. The summed E-state index contributed by atoms with van der Waals surface area (Å²) in [5.74, 6) is 0. The van der Waals surface area contributed by atoms with Crippen LogP contribution in [0.1, 0.15) is 0 Å². The summed E-state index contributed by atoms with van der Waals surface area (Å²) in [7, 11) is 0. The molecule has 1 atom stereocenters. The van der Waals surface area contributed by atoms with Crippen molar-refractivity contribution in [3.63, 3.8) is 0 Å². The van der Waals surface area contributed by atoms with E-state index in [1.54, 1.807) is 0 Å². The third-order valence-corrected chi connectivity index (χ3v) is 2.11. The molecule has 15 heavy (non-hydrogen) atoms. The zero-order valence-corrected chi connectivity index (χ0v) is 8.28. The van der Waals surface area contributed by atoms with Crippen molar-refractivity contribution in [2.24, 2.45) is 10.3 Å². The second kappa shape index (κ2) is 4.86. The van der Waals surface area contributed by atoms with E-state index in [0.717, 1.165) is 5.69 Å². The summed E-state index contributed by atoms with van der Waals surface area (Å²) in [5, 5.41) is 19.0. The molecule has 5 heteroatoms. The Morgan fingerprint density at radius 1 is 1.33 bits per heavy atom. The van der Waals surface area contributed by atoms with Gasteiger partial charge in [-0.15, -0.1) is 5.11 Å². The summed E-state index contributed by atoms with van der Waals surface area (Å²) in [6.45, 7) is 1.43. The molecule has 0 saturated carbocycles. The fraction of sp³-hybridized carbons (Fsp3) is 0.400. The van der Waals surface area contributed by atoms with Gasteiger partial charge in [0.1, 0.15) is 0 Å². The fourth-order valence-corrected chi connectivity index (χ4v) is 1.29. The first-order valence-corrected chi connectivity index (χ1v) is 4.85. The molecule has 0 aliphatic carbocycles. The van der Waals surface area contributed by atoms with E-state index in [2.05, 4.69) is 10.3 Å². The van der Waals surface area contributed by atoms with E-state index in [-0.39, 0.29) is 6.61 Å². The SMILES string of the molecule is OC1COCCN1N=Nc1ccccc1. The Morgan fingerprint density at radius 2 is 2.13 bits per heavy atom. The summed E-state index contributed by atoms with van der Waals surface area (Å²) in [6, 6.07) is 9.42. The number of benzene rings is 1. The van der Waals surface area contributed by atoms with Crippen LogP contribution in [-0.4, -0.2) is 36.1 Å². The number of ether oxygens (including phenoxy) is 1. The van der Waals surface area contributed by atoms with E-state index in [9.17, 15) is 5.11 Å². The summed E-state index contributed by atoms with van der Waals surface area (Å²) in [6.07, 6.45) is -0.689. The molecule has 1 N–H and O–H groups in total. The zero-order valence-electron chi connectivity index (χ0n) is 8.28. The quantitative estimate of drug-likeness (QED) is 0.744. The smallest absolute Gasteiger partial charge is 0.167 e. The summed E-state index contributed by atoms with van der Waals surface area (Å²) >= 11 is 0. The van der Waals surface area contributed by atoms with Gasteiger partial charge in [-0.2, -0.15) is 0 Å². The first-order chi connectivity index (χ1) is 7.36. The maximum Gasteiger partial charge on any atom is 0.167 e. The normalized spacial score (nSPS) is 22.2. The Bertz CT molecular complexity index is 329. The Hall–Kier alpha value is -1.46. The molecular weight excluding hydrogens is 194 g/mol. The van der Waals surface area contributed by atoms with E-state index in [1.807, 2.05) is 30.3 Å². The molecule has 5 nitrogen and oxygen atoms in total. The second-order valence-corrected chi connectivity index (χ2v) is 3.24. The fourth-order valence-electron chi connectivity index (χ4n) is 1.29. The average Bonchev–Trinajstić information content (AvgIpc) is 2.29. The van der Waals surface area contributed by atoms with Crippen molar-refractivity contribution >= 4 is 5.69 Å². The highest BCUT2D eigenvalue weighted by Crippen LogP contribution is 2.12. The number of aliphatic hydroxyl groups is 1. The molecule has 1 aromatic carbocycles. The molecule has 1 aliphatic rings. The Labute approximate surface area is 88.0 Å². The largest absolute Gasteiger partial charge is 0.375 e. The van der Waals surface area contributed by atoms with Gasteiger partial charge in [0.15, 0.2) is 6.23 Å². The number of hydrogen-bond donors (Lipinski definition) is 1. The van der Waals surface area contributed by atoms with Crippen molar-refractivity contribution in [3.05, 3.63) is 30.3 Å². The average molecular weight is 207 g/mol. The topological polar surface area (TPSA) is 57.4 Å². The molecule has 1 fully saturated rings. The minimum Gasteiger partial charge on any atom is -0.375 e. The highest BCUT2D eigenvalue weighted by molar-refractivity contribution is 5.34. The molecule has 1 aliphatic heterocycles. The summed E-state index contributed by atoms with van der Waals surface area (Å²) in [5.41, 5.74) is 0.774. The monoisotopic (exact) mass is 207 g/mol. The van der Waals surface area contributed by atoms with Crippen LogP contribution in [0.4, 0.5) is 5.69 Å². The minimum absolute atomic E-state index is 0.286. The molecule has 0 radical (unpaired) electrons. The van der Waals surface area contributed by atoms with Crippen molar-refractivity contribution < 1.29 is 9.84 Å². The second-order valence-electron chi connectivity index (χ2n) is 3.24. The Balaban J connectivity index is 1.98. The molecule has 0 bridgehead atoms. The Kier molecular flexibility index (Phi) is 3.26. The van der Waals surface area contributed by atoms with Gasteiger partial charge in [0, 0.05) is 0 Å². The van der Waals surface area contributed by atoms with Gasteiger partial charge in [0.25, 0.3) is 0 Å². The predicted molar refractivity (Wildman–Crippen MR) is 54.5 cm³/mol. The van der Waals surface area contributed by atoms with Crippen LogP contribution >= 0.6 is 0 Å². The van der Waals surface area contributed by atoms with E-state index in [4.69, 9.17) is 4.74 Å². The van der Waals surface area contributed by atoms with Crippen LogP contribution in [0.3, 0.4) is 0 Å². The van der Waals surface area contributed by atoms with Crippen LogP contribution in [0.15, 0.2) is 40.7 Å². The maximum absolute atomic E-state index is 9.49. The third-order valence-electron chi connectivity index (χ3n) is 2.11. The van der Waals surface area contributed by atoms with Crippen LogP contribution in [0.5, 0.6) is 0 Å². The Morgan fingerprint density at radius 3 is 2.87 bits per heavy atom. The van der Waals surface area contributed by atoms with Crippen LogP contribution < -0.4 is 0 Å². The number of morpholine rings is 1. The van der Waals surface area contributed by atoms with Gasteiger partial charge in [-0.1, -0.05) is 23.4 Å². The van der Waals surface area contributed by atoms with Crippen LogP contribution in [0.25, 0.3) is 0 Å². The van der Waals surface area contributed by atoms with Crippen molar-refractivity contribution in [1.29, 1.82) is 0 Å². The first kappa shape index (κ1) is 10.1. The molecular formula is C10H13N3O2. The van der Waals surface area contributed by atoms with Gasteiger partial charge in [-0.25, -0.2) is 5.01 Å². The minimum atomic E-state index is -0.689. The zero-order chi connectivity index (χ0) is 10.5. The van der Waals surface area contributed by atoms with Gasteiger partial charge in [0.2, 0.25) is 0 Å². The van der Waals surface area contributed by atoms with Gasteiger partial charge < -0.3 is 9.84 Å². The number of nitrogens with zero attached hydrogens (tertiary/aromatic N) is 3. The van der Waals surface area contributed by atoms with E-state index in [0.29, 0.717) is 13.2 Å². The van der Waals surface area contributed by atoms with Crippen molar-refractivity contribution in [1.82, 2.24) is 5.01 Å². The lowest BCUT2D eigenvalue weighted by Crippen LogP contribution is -2.41. The molecule has 1 heterocycles. The standard InChI is InChI=1S/C10H13N3O2/c14-10-8-15-7-6-13(10)12-11-9-4-2-1-3-5-9/h1-5,10,14H,6-8H2. The predicted octanol–water partition coefficient (Wildman–Crippen LogP) is 1.34. The lowest BCUT2D eigenvalue weighted by atomic mass is 10.3. The van der Waals surface area contributed by atoms with E-state index >= 15 is 0 Å². The number of hydrogen-bond acceptors (Lipinski definition) is 4. The van der Waals surface area contributed by atoms with Crippen molar-refractivity contribution in [2.75, 3.05) is 19.8 Å². The van der Waals surface area contributed by atoms with E-state index in [1.165, 1.54) is 5.01 Å². The van der Waals surface area contributed by atoms with Gasteiger partial charge in [0.05, 0.1) is 25.4 Å². The summed E-state index contributed by atoms with van der Waals surface area (Å²) < 4.78 is 5.07. The first-order valence-electron chi connectivity index (χ1n) is 4.85. The number of aliphatic hydroxyl groups excluding tert-OH is 1. The van der Waals surface area contributed by atoms with Gasteiger partial charge in [-0.3, -0.25) is 0 Å². The van der Waals surface area contributed by atoms with Crippen molar-refractivity contribution in [3.8, 4) is 0 Å². The molecule has 80 valence electrons. The summed E-state index contributed by atoms with van der Waals surface area (Å²) in [4.78, 5) is 0. The van der Waals surface area contributed by atoms with Crippen LogP contribution in [-0.2, 0) is 4.74 Å². The molecule has 1 saturated heterocycles. The molecule has 1 unspecified atom stereocenters.